The van der Waals surface area contributed by atoms with Gasteiger partial charge in [-0.25, -0.2) is 4.52 Å². The number of rotatable bonds is 9. The molecule has 4 heteroatoms. The van der Waals surface area contributed by atoms with E-state index in [0.29, 0.717) is 12.5 Å². The van der Waals surface area contributed by atoms with Crippen molar-refractivity contribution >= 4 is 8.25 Å². The van der Waals surface area contributed by atoms with Crippen molar-refractivity contribution in [1.82, 2.24) is 0 Å². The van der Waals surface area contributed by atoms with Gasteiger partial charge in [-0.05, 0) is 12.3 Å². The predicted molar refractivity (Wildman–Crippen MR) is 58.1 cm³/mol. The molecule has 0 saturated heterocycles. The zero-order chi connectivity index (χ0) is 10.8. The Bertz CT molecular complexity index is 171. The second-order valence-electron chi connectivity index (χ2n) is 3.21. The van der Waals surface area contributed by atoms with Crippen LogP contribution in [0.4, 0.5) is 0 Å². The van der Waals surface area contributed by atoms with E-state index in [-0.39, 0.29) is 0 Å². The maximum Gasteiger partial charge on any atom is 0.749 e. The fourth-order valence-corrected chi connectivity index (χ4v) is 1.67. The van der Waals surface area contributed by atoms with Crippen molar-refractivity contribution < 1.29 is 13.6 Å². The SMILES string of the molecule is C=CO[P+](=O)OCC(CC)CCCC. The van der Waals surface area contributed by atoms with Gasteiger partial charge in [-0.3, -0.25) is 0 Å². The van der Waals surface area contributed by atoms with Gasteiger partial charge >= 0.3 is 8.25 Å². The Morgan fingerprint density at radius 3 is 2.71 bits per heavy atom. The van der Waals surface area contributed by atoms with Crippen molar-refractivity contribution in [1.29, 1.82) is 0 Å². The molecule has 0 aromatic carbocycles. The van der Waals surface area contributed by atoms with Crippen molar-refractivity contribution in [2.24, 2.45) is 5.92 Å². The van der Waals surface area contributed by atoms with E-state index >= 15 is 0 Å². The number of unbranched alkanes of at least 4 members (excludes halogenated alkanes) is 1. The Kier molecular flexibility index (Phi) is 8.90. The number of hydrogen-bond donors (Lipinski definition) is 0. The highest BCUT2D eigenvalue weighted by Crippen LogP contribution is 2.26. The summed E-state index contributed by atoms with van der Waals surface area (Å²) in [4.78, 5) is 0. The van der Waals surface area contributed by atoms with Gasteiger partial charge in [-0.15, -0.1) is 4.52 Å². The van der Waals surface area contributed by atoms with Crippen LogP contribution in [0.15, 0.2) is 12.8 Å². The molecule has 0 aliphatic carbocycles. The number of hydrogen-bond acceptors (Lipinski definition) is 3. The molecule has 0 aromatic heterocycles. The summed E-state index contributed by atoms with van der Waals surface area (Å²) in [6.45, 7) is 8.10. The fraction of sp³-hybridized carbons (Fsp3) is 0.800. The first kappa shape index (κ1) is 13.6. The lowest BCUT2D eigenvalue weighted by Crippen LogP contribution is -2.05. The molecule has 0 aromatic rings. The van der Waals surface area contributed by atoms with E-state index in [2.05, 4.69) is 25.0 Å². The second kappa shape index (κ2) is 9.17. The minimum absolute atomic E-state index is 0.488. The van der Waals surface area contributed by atoms with Crippen LogP contribution < -0.4 is 0 Å². The van der Waals surface area contributed by atoms with E-state index in [1.165, 1.54) is 12.8 Å². The Morgan fingerprint density at radius 2 is 2.21 bits per heavy atom. The van der Waals surface area contributed by atoms with E-state index in [4.69, 9.17) is 4.52 Å². The summed E-state index contributed by atoms with van der Waals surface area (Å²) < 4.78 is 20.6. The lowest BCUT2D eigenvalue weighted by molar-refractivity contribution is 0.213. The zero-order valence-electron chi connectivity index (χ0n) is 9.07. The van der Waals surface area contributed by atoms with Gasteiger partial charge < -0.3 is 0 Å². The molecule has 0 saturated carbocycles. The third kappa shape index (κ3) is 7.05. The average Bonchev–Trinajstić information content (AvgIpc) is 2.19. The van der Waals surface area contributed by atoms with Crippen LogP contribution in [0.2, 0.25) is 0 Å². The minimum Gasteiger partial charge on any atom is -0.238 e. The summed E-state index contributed by atoms with van der Waals surface area (Å²) in [6, 6.07) is 0. The molecule has 0 amide bonds. The molecule has 0 bridgehead atoms. The molecular weight excluding hydrogens is 199 g/mol. The second-order valence-corrected chi connectivity index (χ2v) is 4.12. The van der Waals surface area contributed by atoms with E-state index in [1.54, 1.807) is 0 Å². The van der Waals surface area contributed by atoms with Crippen molar-refractivity contribution in [2.75, 3.05) is 6.61 Å². The van der Waals surface area contributed by atoms with Crippen molar-refractivity contribution in [2.45, 2.75) is 39.5 Å². The van der Waals surface area contributed by atoms with Gasteiger partial charge in [0, 0.05) is 4.57 Å². The van der Waals surface area contributed by atoms with Gasteiger partial charge in [0.05, 0.1) is 0 Å². The van der Waals surface area contributed by atoms with Crippen LogP contribution in [0.5, 0.6) is 0 Å². The Morgan fingerprint density at radius 1 is 1.50 bits per heavy atom. The van der Waals surface area contributed by atoms with Gasteiger partial charge in [0.15, 0.2) is 0 Å². The molecule has 0 fully saturated rings. The quantitative estimate of drug-likeness (QED) is 0.433. The van der Waals surface area contributed by atoms with Crippen molar-refractivity contribution in [3.63, 3.8) is 0 Å². The summed E-state index contributed by atoms with van der Waals surface area (Å²) in [5.74, 6) is 0.488. The Labute approximate surface area is 87.4 Å². The summed E-state index contributed by atoms with van der Waals surface area (Å²) in [7, 11) is -2.00. The third-order valence-corrected chi connectivity index (χ3v) is 2.80. The third-order valence-electron chi connectivity index (χ3n) is 2.12. The van der Waals surface area contributed by atoms with Crippen LogP contribution in [0.1, 0.15) is 39.5 Å². The summed E-state index contributed by atoms with van der Waals surface area (Å²) in [5.41, 5.74) is 0. The van der Waals surface area contributed by atoms with Crippen LogP contribution in [0.3, 0.4) is 0 Å². The molecule has 0 spiro atoms. The maximum atomic E-state index is 11.0. The van der Waals surface area contributed by atoms with Crippen LogP contribution in [0.25, 0.3) is 0 Å². The molecule has 2 unspecified atom stereocenters. The first-order chi connectivity index (χ1) is 6.74. The molecule has 0 aliphatic heterocycles. The van der Waals surface area contributed by atoms with Gasteiger partial charge in [0.2, 0.25) is 0 Å². The van der Waals surface area contributed by atoms with Crippen LogP contribution in [0, 0.1) is 5.92 Å². The van der Waals surface area contributed by atoms with E-state index < -0.39 is 8.25 Å². The minimum atomic E-state index is -2.00. The monoisotopic (exact) mass is 219 g/mol. The highest BCUT2D eigenvalue weighted by atomic mass is 31.1. The van der Waals surface area contributed by atoms with Gasteiger partial charge in [-0.2, -0.15) is 0 Å². The van der Waals surface area contributed by atoms with E-state index in [0.717, 1.165) is 19.1 Å². The smallest absolute Gasteiger partial charge is 0.238 e. The summed E-state index contributed by atoms with van der Waals surface area (Å²) in [5, 5.41) is 0. The summed E-state index contributed by atoms with van der Waals surface area (Å²) >= 11 is 0. The molecular formula is C10H20O3P+. The van der Waals surface area contributed by atoms with E-state index in [1.807, 2.05) is 0 Å². The van der Waals surface area contributed by atoms with Gasteiger partial charge in [0.1, 0.15) is 12.9 Å². The molecule has 14 heavy (non-hydrogen) atoms. The zero-order valence-corrected chi connectivity index (χ0v) is 9.96. The molecule has 0 heterocycles. The average molecular weight is 219 g/mol. The Balaban J connectivity index is 3.60. The largest absolute Gasteiger partial charge is 0.749 e. The van der Waals surface area contributed by atoms with Gasteiger partial charge in [-0.1, -0.05) is 39.7 Å². The standard InChI is InChI=1S/C10H20O3P/c1-4-7-8-10(5-2)9-13-14(11)12-6-3/h6,10H,3-5,7-9H2,1-2H3/q+1. The molecule has 0 N–H and O–H groups in total. The molecule has 0 radical (unpaired) electrons. The van der Waals surface area contributed by atoms with E-state index in [9.17, 15) is 4.57 Å². The molecule has 2 atom stereocenters. The van der Waals surface area contributed by atoms with Crippen LogP contribution in [-0.2, 0) is 13.6 Å². The first-order valence-electron chi connectivity index (χ1n) is 5.12. The molecule has 3 nitrogen and oxygen atoms in total. The first-order valence-corrected chi connectivity index (χ1v) is 6.21. The maximum absolute atomic E-state index is 11.0. The lowest BCUT2D eigenvalue weighted by atomic mass is 10.0. The van der Waals surface area contributed by atoms with Crippen molar-refractivity contribution in [3.05, 3.63) is 12.8 Å². The summed E-state index contributed by atoms with van der Waals surface area (Å²) in [6.07, 6.45) is 5.71. The fourth-order valence-electron chi connectivity index (χ4n) is 1.16. The van der Waals surface area contributed by atoms with Gasteiger partial charge in [0.25, 0.3) is 0 Å². The Hall–Kier alpha value is -0.400. The van der Waals surface area contributed by atoms with Crippen molar-refractivity contribution in [3.8, 4) is 0 Å². The lowest BCUT2D eigenvalue weighted by Gasteiger charge is -2.09. The highest BCUT2D eigenvalue weighted by Gasteiger charge is 2.21. The molecule has 82 valence electrons. The molecule has 0 aliphatic rings. The predicted octanol–water partition coefficient (Wildman–Crippen LogP) is 4.04. The highest BCUT2D eigenvalue weighted by molar-refractivity contribution is 7.33. The normalized spacial score (nSPS) is 13.4. The van der Waals surface area contributed by atoms with Crippen LogP contribution >= 0.6 is 8.25 Å². The topological polar surface area (TPSA) is 35.5 Å². The van der Waals surface area contributed by atoms with Crippen LogP contribution in [-0.4, -0.2) is 6.61 Å². The molecule has 0 rings (SSSR count).